The lowest BCUT2D eigenvalue weighted by Gasteiger charge is -2.22. The third-order valence-electron chi connectivity index (χ3n) is 3.75. The van der Waals surface area contributed by atoms with Gasteiger partial charge in [0.2, 0.25) is 10.0 Å². The highest BCUT2D eigenvalue weighted by Gasteiger charge is 2.36. The number of aromatic nitrogens is 1. The highest BCUT2D eigenvalue weighted by molar-refractivity contribution is 7.89. The summed E-state index contributed by atoms with van der Waals surface area (Å²) < 4.78 is 27.0. The van der Waals surface area contributed by atoms with Crippen LogP contribution in [0, 0.1) is 11.8 Å². The lowest BCUT2D eigenvalue weighted by Crippen LogP contribution is -2.35. The summed E-state index contributed by atoms with van der Waals surface area (Å²) in [6, 6.07) is 1.54. The molecule has 3 rings (SSSR count). The van der Waals surface area contributed by atoms with Gasteiger partial charge in [0.25, 0.3) is 0 Å². The first-order valence-corrected chi connectivity index (χ1v) is 8.21. The van der Waals surface area contributed by atoms with E-state index >= 15 is 0 Å². The van der Waals surface area contributed by atoms with Crippen LogP contribution in [0.15, 0.2) is 23.4 Å². The Labute approximate surface area is 113 Å². The smallest absolute Gasteiger partial charge is 0.246 e. The van der Waals surface area contributed by atoms with Gasteiger partial charge in [0.1, 0.15) is 4.90 Å². The van der Waals surface area contributed by atoms with Crippen molar-refractivity contribution in [3.8, 4) is 0 Å². The van der Waals surface area contributed by atoms with Gasteiger partial charge in [0, 0.05) is 25.5 Å². The Kier molecular flexibility index (Phi) is 3.22. The maximum Gasteiger partial charge on any atom is 0.246 e. The number of nitrogens with zero attached hydrogens (tertiary/aromatic N) is 2. The van der Waals surface area contributed by atoms with Crippen molar-refractivity contribution in [1.29, 1.82) is 0 Å². The number of nitrogen functional groups attached to an aromatic ring is 1. The van der Waals surface area contributed by atoms with E-state index in [1.807, 2.05) is 0 Å². The molecular weight excluding hydrogens is 262 g/mol. The molecule has 2 saturated carbocycles. The van der Waals surface area contributed by atoms with Crippen LogP contribution in [0.5, 0.6) is 0 Å². The van der Waals surface area contributed by atoms with Crippen molar-refractivity contribution >= 4 is 15.7 Å². The second kappa shape index (κ2) is 4.76. The third kappa shape index (κ3) is 2.90. The molecule has 1 aromatic rings. The molecule has 2 fully saturated rings. The molecule has 2 aliphatic rings. The molecule has 19 heavy (non-hydrogen) atoms. The standard InChI is InChI=1S/C13H19N3O2S/c14-12-5-6-15-7-13(12)19(17,18)16(8-10-1-2-10)9-11-3-4-11/h5-7,10-11H,1-4,8-9H2,(H2,14,15). The van der Waals surface area contributed by atoms with E-state index in [9.17, 15) is 8.42 Å². The molecule has 104 valence electrons. The molecule has 0 atom stereocenters. The second-order valence-electron chi connectivity index (χ2n) is 5.62. The molecule has 0 aliphatic heterocycles. The zero-order valence-corrected chi connectivity index (χ0v) is 11.6. The van der Waals surface area contributed by atoms with E-state index in [0.717, 1.165) is 25.7 Å². The van der Waals surface area contributed by atoms with Gasteiger partial charge < -0.3 is 5.73 Å². The summed E-state index contributed by atoms with van der Waals surface area (Å²) >= 11 is 0. The van der Waals surface area contributed by atoms with Crippen LogP contribution in [0.2, 0.25) is 0 Å². The molecule has 0 saturated heterocycles. The van der Waals surface area contributed by atoms with E-state index in [2.05, 4.69) is 4.98 Å². The van der Waals surface area contributed by atoms with Crippen molar-refractivity contribution in [1.82, 2.24) is 9.29 Å². The van der Waals surface area contributed by atoms with Crippen molar-refractivity contribution in [3.05, 3.63) is 18.5 Å². The Morgan fingerprint density at radius 2 is 1.79 bits per heavy atom. The van der Waals surface area contributed by atoms with Crippen molar-refractivity contribution in [2.75, 3.05) is 18.8 Å². The van der Waals surface area contributed by atoms with Gasteiger partial charge in [-0.15, -0.1) is 0 Å². The van der Waals surface area contributed by atoms with Crippen molar-refractivity contribution < 1.29 is 8.42 Å². The minimum absolute atomic E-state index is 0.149. The van der Waals surface area contributed by atoms with Gasteiger partial charge in [0.15, 0.2) is 0 Å². The van der Waals surface area contributed by atoms with Crippen LogP contribution in [0.25, 0.3) is 0 Å². The van der Waals surface area contributed by atoms with Gasteiger partial charge in [-0.3, -0.25) is 4.98 Å². The Morgan fingerprint density at radius 3 is 2.26 bits per heavy atom. The number of anilines is 1. The van der Waals surface area contributed by atoms with Gasteiger partial charge in [-0.1, -0.05) is 0 Å². The van der Waals surface area contributed by atoms with Crippen LogP contribution in [0.4, 0.5) is 5.69 Å². The number of hydrogen-bond acceptors (Lipinski definition) is 4. The zero-order chi connectivity index (χ0) is 13.5. The fourth-order valence-electron chi connectivity index (χ4n) is 2.19. The predicted molar refractivity (Wildman–Crippen MR) is 72.9 cm³/mol. The SMILES string of the molecule is Nc1ccncc1S(=O)(=O)N(CC1CC1)CC1CC1. The molecule has 1 aromatic heterocycles. The highest BCUT2D eigenvalue weighted by Crippen LogP contribution is 2.36. The first-order chi connectivity index (χ1) is 9.07. The number of nitrogens with two attached hydrogens (primary N) is 1. The molecule has 0 unspecified atom stereocenters. The van der Waals surface area contributed by atoms with Gasteiger partial charge in [-0.25, -0.2) is 8.42 Å². The first-order valence-electron chi connectivity index (χ1n) is 6.77. The normalized spacial score (nSPS) is 19.8. The molecular formula is C13H19N3O2S. The maximum atomic E-state index is 12.7. The average Bonchev–Trinajstić information content (AvgIpc) is 3.23. The Bertz CT molecular complexity index is 551. The number of rotatable bonds is 6. The molecule has 0 bridgehead atoms. The van der Waals surface area contributed by atoms with Crippen LogP contribution in [0.3, 0.4) is 0 Å². The first kappa shape index (κ1) is 12.9. The Balaban J connectivity index is 1.87. The summed E-state index contributed by atoms with van der Waals surface area (Å²) in [7, 11) is -3.50. The Hall–Kier alpha value is -1.14. The van der Waals surface area contributed by atoms with Crippen LogP contribution < -0.4 is 5.73 Å². The summed E-state index contributed by atoms with van der Waals surface area (Å²) in [6.07, 6.45) is 7.43. The van der Waals surface area contributed by atoms with E-state index in [1.54, 1.807) is 10.4 Å². The van der Waals surface area contributed by atoms with Crippen LogP contribution in [0.1, 0.15) is 25.7 Å². The number of pyridine rings is 1. The maximum absolute atomic E-state index is 12.7. The minimum Gasteiger partial charge on any atom is -0.398 e. The molecule has 2 N–H and O–H groups in total. The van der Waals surface area contributed by atoms with Crippen LogP contribution in [-0.4, -0.2) is 30.8 Å². The molecule has 0 spiro atoms. The van der Waals surface area contributed by atoms with E-state index in [4.69, 9.17) is 5.73 Å². The average molecular weight is 281 g/mol. The summed E-state index contributed by atoms with van der Waals surface area (Å²) in [4.78, 5) is 4.05. The molecule has 0 aromatic carbocycles. The molecule has 1 heterocycles. The lowest BCUT2D eigenvalue weighted by atomic mass is 10.4. The van der Waals surface area contributed by atoms with E-state index in [1.165, 1.54) is 12.4 Å². The fourth-order valence-corrected chi connectivity index (χ4v) is 3.85. The molecule has 6 heteroatoms. The molecule has 0 amide bonds. The monoisotopic (exact) mass is 281 g/mol. The molecule has 5 nitrogen and oxygen atoms in total. The summed E-state index contributed by atoms with van der Waals surface area (Å²) in [6.45, 7) is 1.26. The minimum atomic E-state index is -3.50. The zero-order valence-electron chi connectivity index (χ0n) is 10.8. The van der Waals surface area contributed by atoms with E-state index < -0.39 is 10.0 Å². The summed E-state index contributed by atoms with van der Waals surface area (Å²) in [5, 5.41) is 0. The summed E-state index contributed by atoms with van der Waals surface area (Å²) in [5.41, 5.74) is 6.08. The van der Waals surface area contributed by atoms with Gasteiger partial charge in [-0.05, 0) is 43.6 Å². The second-order valence-corrected chi connectivity index (χ2v) is 7.53. The lowest BCUT2D eigenvalue weighted by molar-refractivity contribution is 0.382. The quantitative estimate of drug-likeness (QED) is 0.856. The van der Waals surface area contributed by atoms with Crippen LogP contribution in [-0.2, 0) is 10.0 Å². The number of sulfonamides is 1. The molecule has 2 aliphatic carbocycles. The van der Waals surface area contributed by atoms with Gasteiger partial charge >= 0.3 is 0 Å². The fraction of sp³-hybridized carbons (Fsp3) is 0.615. The third-order valence-corrected chi connectivity index (χ3v) is 5.63. The Morgan fingerprint density at radius 1 is 1.21 bits per heavy atom. The van der Waals surface area contributed by atoms with Crippen molar-refractivity contribution in [3.63, 3.8) is 0 Å². The number of hydrogen-bond donors (Lipinski definition) is 1. The topological polar surface area (TPSA) is 76.3 Å². The van der Waals surface area contributed by atoms with Crippen molar-refractivity contribution in [2.45, 2.75) is 30.6 Å². The predicted octanol–water partition coefficient (Wildman–Crippen LogP) is 1.47. The molecule has 0 radical (unpaired) electrons. The van der Waals surface area contributed by atoms with Crippen molar-refractivity contribution in [2.24, 2.45) is 11.8 Å². The van der Waals surface area contributed by atoms with Crippen LogP contribution >= 0.6 is 0 Å². The van der Waals surface area contributed by atoms with Gasteiger partial charge in [-0.2, -0.15) is 4.31 Å². The summed E-state index contributed by atoms with van der Waals surface area (Å²) in [5.74, 6) is 1.07. The highest BCUT2D eigenvalue weighted by atomic mass is 32.2. The van der Waals surface area contributed by atoms with E-state index in [0.29, 0.717) is 24.9 Å². The largest absolute Gasteiger partial charge is 0.398 e. The van der Waals surface area contributed by atoms with Gasteiger partial charge in [0.05, 0.1) is 5.69 Å². The van der Waals surface area contributed by atoms with E-state index in [-0.39, 0.29) is 10.6 Å².